The van der Waals surface area contributed by atoms with Gasteiger partial charge >= 0.3 is 0 Å². The number of carbonyl (C=O) groups is 1. The second kappa shape index (κ2) is 8.72. The molecule has 5 heteroatoms. The lowest BCUT2D eigenvalue weighted by atomic mass is 10.0. The number of nitrogens with zero attached hydrogens (tertiary/aromatic N) is 1. The summed E-state index contributed by atoms with van der Waals surface area (Å²) in [6.45, 7) is 5.43. The van der Waals surface area contributed by atoms with Crippen molar-refractivity contribution in [2.75, 3.05) is 13.1 Å². The first kappa shape index (κ1) is 17.6. The van der Waals surface area contributed by atoms with Gasteiger partial charge in [-0.25, -0.2) is 8.78 Å². The lowest BCUT2D eigenvalue weighted by Crippen LogP contribution is -2.30. The highest BCUT2D eigenvalue weighted by molar-refractivity contribution is 5.76. The second-order valence-electron chi connectivity index (χ2n) is 5.38. The van der Waals surface area contributed by atoms with Crippen LogP contribution in [0, 0.1) is 17.6 Å². The number of rotatable bonds is 8. The van der Waals surface area contributed by atoms with E-state index >= 15 is 0 Å². The van der Waals surface area contributed by atoms with Crippen molar-refractivity contribution < 1.29 is 13.6 Å². The lowest BCUT2D eigenvalue weighted by Gasteiger charge is -2.22. The molecule has 0 saturated carbocycles. The molecule has 0 radical (unpaired) electrons. The average molecular weight is 298 g/mol. The van der Waals surface area contributed by atoms with Crippen LogP contribution in [0.1, 0.15) is 38.7 Å². The molecular weight excluding hydrogens is 274 g/mol. The monoisotopic (exact) mass is 298 g/mol. The molecule has 3 nitrogen and oxygen atoms in total. The zero-order valence-electron chi connectivity index (χ0n) is 12.7. The van der Waals surface area contributed by atoms with Crippen LogP contribution in [0.2, 0.25) is 0 Å². The highest BCUT2D eigenvalue weighted by Crippen LogP contribution is 2.14. The van der Waals surface area contributed by atoms with Crippen LogP contribution in [-0.4, -0.2) is 23.9 Å². The van der Waals surface area contributed by atoms with Gasteiger partial charge in [-0.3, -0.25) is 4.79 Å². The Morgan fingerprint density at radius 1 is 1.29 bits per heavy atom. The molecule has 1 amide bonds. The molecule has 2 N–H and O–H groups in total. The summed E-state index contributed by atoms with van der Waals surface area (Å²) in [5.74, 6) is -1.30. The van der Waals surface area contributed by atoms with E-state index in [2.05, 4.69) is 6.92 Å². The summed E-state index contributed by atoms with van der Waals surface area (Å²) in [6, 6.07) is 3.74. The SMILES string of the molecule is CCN(Cc1ccc(F)c(F)c1)C(=O)CCC(C)CCN. The third kappa shape index (κ3) is 5.79. The third-order valence-electron chi connectivity index (χ3n) is 3.60. The van der Waals surface area contributed by atoms with E-state index in [4.69, 9.17) is 5.73 Å². The number of nitrogens with two attached hydrogens (primary N) is 1. The quantitative estimate of drug-likeness (QED) is 0.801. The summed E-state index contributed by atoms with van der Waals surface area (Å²) >= 11 is 0. The zero-order chi connectivity index (χ0) is 15.8. The zero-order valence-corrected chi connectivity index (χ0v) is 12.7. The highest BCUT2D eigenvalue weighted by Gasteiger charge is 2.14. The number of carbonyl (C=O) groups excluding carboxylic acids is 1. The normalized spacial score (nSPS) is 12.2. The fourth-order valence-corrected chi connectivity index (χ4v) is 2.19. The number of hydrogen-bond donors (Lipinski definition) is 1. The van der Waals surface area contributed by atoms with Gasteiger partial charge in [-0.2, -0.15) is 0 Å². The van der Waals surface area contributed by atoms with E-state index in [1.807, 2.05) is 6.92 Å². The van der Waals surface area contributed by atoms with Crippen molar-refractivity contribution in [2.45, 2.75) is 39.7 Å². The van der Waals surface area contributed by atoms with Crippen LogP contribution in [0.25, 0.3) is 0 Å². The summed E-state index contributed by atoms with van der Waals surface area (Å²) in [7, 11) is 0. The maximum atomic E-state index is 13.2. The Bertz CT molecular complexity index is 466. The van der Waals surface area contributed by atoms with E-state index in [9.17, 15) is 13.6 Å². The molecular formula is C16H24F2N2O. The lowest BCUT2D eigenvalue weighted by molar-refractivity contribution is -0.131. The molecule has 0 aromatic heterocycles. The van der Waals surface area contributed by atoms with Gasteiger partial charge < -0.3 is 10.6 Å². The Hall–Kier alpha value is -1.49. The van der Waals surface area contributed by atoms with Gasteiger partial charge in [-0.1, -0.05) is 13.0 Å². The Morgan fingerprint density at radius 2 is 2.00 bits per heavy atom. The van der Waals surface area contributed by atoms with E-state index in [0.717, 1.165) is 25.0 Å². The molecule has 0 aliphatic carbocycles. The van der Waals surface area contributed by atoms with Crippen LogP contribution in [0.3, 0.4) is 0 Å². The van der Waals surface area contributed by atoms with E-state index in [-0.39, 0.29) is 5.91 Å². The molecule has 0 aliphatic heterocycles. The molecule has 1 unspecified atom stereocenters. The van der Waals surface area contributed by atoms with Crippen LogP contribution >= 0.6 is 0 Å². The van der Waals surface area contributed by atoms with Gasteiger partial charge in [0.1, 0.15) is 0 Å². The smallest absolute Gasteiger partial charge is 0.222 e. The Morgan fingerprint density at radius 3 is 2.57 bits per heavy atom. The molecule has 1 rings (SSSR count). The largest absolute Gasteiger partial charge is 0.339 e. The predicted molar refractivity (Wildman–Crippen MR) is 79.5 cm³/mol. The number of hydrogen-bond acceptors (Lipinski definition) is 2. The molecule has 21 heavy (non-hydrogen) atoms. The van der Waals surface area contributed by atoms with E-state index in [1.165, 1.54) is 6.07 Å². The van der Waals surface area contributed by atoms with Crippen LogP contribution in [0.15, 0.2) is 18.2 Å². The molecule has 1 aromatic carbocycles. The molecule has 0 aliphatic rings. The van der Waals surface area contributed by atoms with Gasteiger partial charge in [0.2, 0.25) is 5.91 Å². The van der Waals surface area contributed by atoms with Crippen LogP contribution in [-0.2, 0) is 11.3 Å². The highest BCUT2D eigenvalue weighted by atomic mass is 19.2. The van der Waals surface area contributed by atoms with Crippen LogP contribution < -0.4 is 5.73 Å². The molecule has 0 bridgehead atoms. The second-order valence-corrected chi connectivity index (χ2v) is 5.38. The maximum Gasteiger partial charge on any atom is 0.222 e. The van der Waals surface area contributed by atoms with Gasteiger partial charge in [-0.15, -0.1) is 0 Å². The number of benzene rings is 1. The Balaban J connectivity index is 2.57. The van der Waals surface area contributed by atoms with Crippen molar-refractivity contribution >= 4 is 5.91 Å². The number of amides is 1. The molecule has 0 heterocycles. The van der Waals surface area contributed by atoms with Crippen molar-refractivity contribution in [1.82, 2.24) is 4.90 Å². The summed E-state index contributed by atoms with van der Waals surface area (Å²) in [5.41, 5.74) is 6.09. The Labute approximate surface area is 125 Å². The average Bonchev–Trinajstić information content (AvgIpc) is 2.46. The predicted octanol–water partition coefficient (Wildman–Crippen LogP) is 3.08. The van der Waals surface area contributed by atoms with Gasteiger partial charge in [0.25, 0.3) is 0 Å². The van der Waals surface area contributed by atoms with Crippen LogP contribution in [0.5, 0.6) is 0 Å². The van der Waals surface area contributed by atoms with Crippen molar-refractivity contribution in [1.29, 1.82) is 0 Å². The molecule has 0 saturated heterocycles. The molecule has 0 spiro atoms. The summed E-state index contributed by atoms with van der Waals surface area (Å²) in [5, 5.41) is 0. The van der Waals surface area contributed by atoms with Crippen molar-refractivity contribution in [3.8, 4) is 0 Å². The minimum Gasteiger partial charge on any atom is -0.339 e. The molecule has 0 fully saturated rings. The molecule has 118 valence electrons. The fourth-order valence-electron chi connectivity index (χ4n) is 2.19. The van der Waals surface area contributed by atoms with Crippen LogP contribution in [0.4, 0.5) is 8.78 Å². The first-order valence-corrected chi connectivity index (χ1v) is 7.39. The Kier molecular flexibility index (Phi) is 7.29. The summed E-state index contributed by atoms with van der Waals surface area (Å²) in [4.78, 5) is 13.8. The van der Waals surface area contributed by atoms with E-state index in [1.54, 1.807) is 4.90 Å². The molecule has 1 aromatic rings. The van der Waals surface area contributed by atoms with Crippen molar-refractivity contribution in [3.63, 3.8) is 0 Å². The van der Waals surface area contributed by atoms with Gasteiger partial charge in [0.15, 0.2) is 11.6 Å². The fraction of sp³-hybridized carbons (Fsp3) is 0.562. The minimum absolute atomic E-state index is 0.0334. The summed E-state index contributed by atoms with van der Waals surface area (Å²) in [6.07, 6.45) is 2.16. The first-order chi connectivity index (χ1) is 9.97. The first-order valence-electron chi connectivity index (χ1n) is 7.39. The standard InChI is InChI=1S/C16H24F2N2O/c1-3-20(16(21)7-4-12(2)8-9-19)11-13-5-6-14(17)15(18)10-13/h5-6,10,12H,3-4,7-9,11,19H2,1-2H3. The topological polar surface area (TPSA) is 46.3 Å². The van der Waals surface area contributed by atoms with E-state index < -0.39 is 11.6 Å². The third-order valence-corrected chi connectivity index (χ3v) is 3.60. The van der Waals surface area contributed by atoms with Crippen molar-refractivity contribution in [3.05, 3.63) is 35.4 Å². The minimum atomic E-state index is -0.882. The van der Waals surface area contributed by atoms with Gasteiger partial charge in [0.05, 0.1) is 0 Å². The van der Waals surface area contributed by atoms with Gasteiger partial charge in [0, 0.05) is 19.5 Å². The van der Waals surface area contributed by atoms with Gasteiger partial charge in [-0.05, 0) is 49.9 Å². The summed E-state index contributed by atoms with van der Waals surface area (Å²) < 4.78 is 26.1. The maximum absolute atomic E-state index is 13.2. The number of halogens is 2. The molecule has 1 atom stereocenters. The van der Waals surface area contributed by atoms with E-state index in [0.29, 0.717) is 37.5 Å². The van der Waals surface area contributed by atoms with Crippen molar-refractivity contribution in [2.24, 2.45) is 11.7 Å².